The second-order valence-electron chi connectivity index (χ2n) is 6.35. The van der Waals surface area contributed by atoms with Gasteiger partial charge in [0.25, 0.3) is 5.91 Å². The van der Waals surface area contributed by atoms with Crippen molar-refractivity contribution in [2.45, 2.75) is 0 Å². The smallest absolute Gasteiger partial charge is 0.275 e. The monoisotopic (exact) mass is 414 g/mol. The Balaban J connectivity index is 1.44. The molecule has 2 aromatic heterocycles. The topological polar surface area (TPSA) is 76.6 Å². The molecular formula is C20H19FN4O3S. The van der Waals surface area contributed by atoms with Gasteiger partial charge < -0.3 is 19.7 Å². The zero-order valence-electron chi connectivity index (χ0n) is 15.7. The fourth-order valence-electron chi connectivity index (χ4n) is 2.94. The number of anilines is 2. The summed E-state index contributed by atoms with van der Waals surface area (Å²) in [4.78, 5) is 23.5. The number of morpholine rings is 1. The van der Waals surface area contributed by atoms with Crippen molar-refractivity contribution >= 4 is 28.7 Å². The van der Waals surface area contributed by atoms with E-state index in [9.17, 15) is 9.18 Å². The van der Waals surface area contributed by atoms with Gasteiger partial charge in [-0.1, -0.05) is 0 Å². The van der Waals surface area contributed by atoms with E-state index in [1.807, 2.05) is 12.1 Å². The molecule has 1 aromatic carbocycles. The summed E-state index contributed by atoms with van der Waals surface area (Å²) in [6, 6.07) is 8.12. The summed E-state index contributed by atoms with van der Waals surface area (Å²) in [6.45, 7) is 3.04. The van der Waals surface area contributed by atoms with Crippen molar-refractivity contribution in [1.29, 1.82) is 0 Å². The first-order valence-electron chi connectivity index (χ1n) is 9.03. The van der Waals surface area contributed by atoms with E-state index in [4.69, 9.17) is 9.47 Å². The number of methoxy groups -OCH3 is 1. The number of carbonyl (C=O) groups excluding carboxylic acids is 1. The maximum atomic E-state index is 13.8. The van der Waals surface area contributed by atoms with E-state index < -0.39 is 11.7 Å². The van der Waals surface area contributed by atoms with Crippen molar-refractivity contribution in [2.24, 2.45) is 0 Å². The predicted molar refractivity (Wildman–Crippen MR) is 109 cm³/mol. The molecule has 1 amide bonds. The lowest BCUT2D eigenvalue weighted by atomic mass is 10.2. The van der Waals surface area contributed by atoms with Crippen molar-refractivity contribution in [1.82, 2.24) is 9.97 Å². The molecule has 1 aliphatic heterocycles. The van der Waals surface area contributed by atoms with Crippen LogP contribution in [0.3, 0.4) is 0 Å². The van der Waals surface area contributed by atoms with E-state index in [0.717, 1.165) is 24.5 Å². The minimum absolute atomic E-state index is 0.118. The van der Waals surface area contributed by atoms with E-state index >= 15 is 0 Å². The first-order valence-corrected chi connectivity index (χ1v) is 9.91. The molecule has 1 fully saturated rings. The lowest BCUT2D eigenvalue weighted by Crippen LogP contribution is -2.36. The Kier molecular flexibility index (Phi) is 5.68. The molecule has 0 saturated carbocycles. The molecule has 4 rings (SSSR count). The number of nitrogens with zero attached hydrogens (tertiary/aromatic N) is 3. The molecule has 3 aromatic rings. The van der Waals surface area contributed by atoms with E-state index in [1.165, 1.54) is 30.6 Å². The molecule has 1 aliphatic rings. The Hall–Kier alpha value is -3.04. The Morgan fingerprint density at radius 1 is 1.28 bits per heavy atom. The molecule has 0 bridgehead atoms. The zero-order valence-corrected chi connectivity index (χ0v) is 16.5. The van der Waals surface area contributed by atoms with Crippen molar-refractivity contribution in [3.05, 3.63) is 53.4 Å². The van der Waals surface area contributed by atoms with E-state index in [-0.39, 0.29) is 11.4 Å². The van der Waals surface area contributed by atoms with Crippen LogP contribution in [0.1, 0.15) is 10.5 Å². The van der Waals surface area contributed by atoms with Crippen LogP contribution in [-0.2, 0) is 4.74 Å². The van der Waals surface area contributed by atoms with Crippen LogP contribution in [-0.4, -0.2) is 49.3 Å². The lowest BCUT2D eigenvalue weighted by Gasteiger charge is -2.27. The molecule has 3 heterocycles. The second-order valence-corrected chi connectivity index (χ2v) is 7.20. The third-order valence-corrected chi connectivity index (χ3v) is 5.37. The molecule has 150 valence electrons. The quantitative estimate of drug-likeness (QED) is 0.689. The van der Waals surface area contributed by atoms with Crippen LogP contribution in [0.15, 0.2) is 41.9 Å². The summed E-state index contributed by atoms with van der Waals surface area (Å²) >= 11 is 1.35. The van der Waals surface area contributed by atoms with Gasteiger partial charge >= 0.3 is 0 Å². The average Bonchev–Trinajstić information content (AvgIpc) is 3.25. The van der Waals surface area contributed by atoms with E-state index in [0.29, 0.717) is 23.9 Å². The van der Waals surface area contributed by atoms with Crippen molar-refractivity contribution in [3.63, 3.8) is 0 Å². The molecule has 1 saturated heterocycles. The molecule has 0 radical (unpaired) electrons. The van der Waals surface area contributed by atoms with E-state index in [2.05, 4.69) is 20.2 Å². The first kappa shape index (κ1) is 19.3. The second kappa shape index (κ2) is 8.54. The summed E-state index contributed by atoms with van der Waals surface area (Å²) < 4.78 is 24.0. The molecule has 1 N–H and O–H groups in total. The largest absolute Gasteiger partial charge is 0.494 e. The van der Waals surface area contributed by atoms with Gasteiger partial charge in [-0.2, -0.15) is 0 Å². The Labute approximate surface area is 171 Å². The van der Waals surface area contributed by atoms with Crippen LogP contribution in [0.4, 0.5) is 15.9 Å². The van der Waals surface area contributed by atoms with Crippen LogP contribution in [0, 0.1) is 5.82 Å². The van der Waals surface area contributed by atoms with Gasteiger partial charge in [-0.05, 0) is 24.3 Å². The van der Waals surface area contributed by atoms with Crippen LogP contribution in [0.2, 0.25) is 0 Å². The van der Waals surface area contributed by atoms with Gasteiger partial charge in [-0.15, -0.1) is 11.3 Å². The number of carbonyl (C=O) groups is 1. The number of halogens is 1. The number of nitrogens with one attached hydrogen (secondary N) is 1. The molecule has 0 spiro atoms. The minimum Gasteiger partial charge on any atom is -0.494 e. The van der Waals surface area contributed by atoms with Crippen LogP contribution >= 0.6 is 11.3 Å². The molecule has 29 heavy (non-hydrogen) atoms. The maximum Gasteiger partial charge on any atom is 0.275 e. The molecule has 0 atom stereocenters. The summed E-state index contributed by atoms with van der Waals surface area (Å²) in [5, 5.41) is 5.00. The number of thiazole rings is 1. The third kappa shape index (κ3) is 4.36. The van der Waals surface area contributed by atoms with Gasteiger partial charge in [0, 0.05) is 42.0 Å². The fraction of sp³-hybridized carbons (Fsp3) is 0.250. The summed E-state index contributed by atoms with van der Waals surface area (Å²) in [7, 11) is 1.38. The standard InChI is InChI=1S/C20H19FN4O3S/c1-27-17-4-3-14(10-15(17)21)23-19(26)16-12-29-20(24-16)13-2-5-18(22-11-13)25-6-8-28-9-7-25/h2-5,10-12H,6-9H2,1H3,(H,23,26). The number of rotatable bonds is 5. The maximum absolute atomic E-state index is 13.8. The minimum atomic E-state index is -0.546. The Morgan fingerprint density at radius 2 is 2.10 bits per heavy atom. The molecule has 9 heteroatoms. The SMILES string of the molecule is COc1ccc(NC(=O)c2csc(-c3ccc(N4CCOCC4)nc3)n2)cc1F. The van der Waals surface area contributed by atoms with Gasteiger partial charge in [-0.3, -0.25) is 4.79 Å². The highest BCUT2D eigenvalue weighted by molar-refractivity contribution is 7.13. The van der Waals surface area contributed by atoms with E-state index in [1.54, 1.807) is 17.6 Å². The number of ether oxygens (including phenoxy) is 2. The molecular weight excluding hydrogens is 395 g/mol. The van der Waals surface area contributed by atoms with Gasteiger partial charge in [0.1, 0.15) is 16.5 Å². The number of aromatic nitrogens is 2. The van der Waals surface area contributed by atoms with Crippen molar-refractivity contribution in [3.8, 4) is 16.3 Å². The van der Waals surface area contributed by atoms with Gasteiger partial charge in [0.2, 0.25) is 0 Å². The number of benzene rings is 1. The van der Waals surface area contributed by atoms with Gasteiger partial charge in [0.15, 0.2) is 11.6 Å². The number of pyridine rings is 1. The summed E-state index contributed by atoms with van der Waals surface area (Å²) in [5.41, 5.74) is 1.43. The highest BCUT2D eigenvalue weighted by Gasteiger charge is 2.15. The predicted octanol–water partition coefficient (Wildman–Crippen LogP) is 3.44. The number of amides is 1. The average molecular weight is 414 g/mol. The Bertz CT molecular complexity index is 1000. The summed E-state index contributed by atoms with van der Waals surface area (Å²) in [6.07, 6.45) is 1.75. The van der Waals surface area contributed by atoms with Gasteiger partial charge in [-0.25, -0.2) is 14.4 Å². The number of hydrogen-bond acceptors (Lipinski definition) is 7. The van der Waals surface area contributed by atoms with Crippen LogP contribution in [0.5, 0.6) is 5.75 Å². The van der Waals surface area contributed by atoms with Crippen LogP contribution < -0.4 is 15.0 Å². The molecule has 7 nitrogen and oxygen atoms in total. The summed E-state index contributed by atoms with van der Waals surface area (Å²) in [5.74, 6) is 0.0609. The third-order valence-electron chi connectivity index (χ3n) is 4.48. The molecule has 0 unspecified atom stereocenters. The van der Waals surface area contributed by atoms with Crippen molar-refractivity contribution in [2.75, 3.05) is 43.6 Å². The van der Waals surface area contributed by atoms with Crippen molar-refractivity contribution < 1.29 is 18.7 Å². The van der Waals surface area contributed by atoms with Crippen LogP contribution in [0.25, 0.3) is 10.6 Å². The highest BCUT2D eigenvalue weighted by atomic mass is 32.1. The first-order chi connectivity index (χ1) is 14.1. The Morgan fingerprint density at radius 3 is 2.79 bits per heavy atom. The number of hydrogen-bond donors (Lipinski definition) is 1. The highest BCUT2D eigenvalue weighted by Crippen LogP contribution is 2.26. The molecule has 0 aliphatic carbocycles. The fourth-order valence-corrected chi connectivity index (χ4v) is 3.73. The normalized spacial score (nSPS) is 13.9. The van der Waals surface area contributed by atoms with Gasteiger partial charge in [0.05, 0.1) is 20.3 Å². The zero-order chi connectivity index (χ0) is 20.2. The lowest BCUT2D eigenvalue weighted by molar-refractivity contribution is 0.102.